The van der Waals surface area contributed by atoms with E-state index in [-0.39, 0.29) is 27.5 Å². The number of thioether (sulfide) groups is 1. The molecule has 2 aromatic heterocycles. The summed E-state index contributed by atoms with van der Waals surface area (Å²) in [6.45, 7) is 2.99. The van der Waals surface area contributed by atoms with E-state index >= 15 is 0 Å². The number of amides is 1. The third-order valence-corrected chi connectivity index (χ3v) is 5.84. The fourth-order valence-corrected chi connectivity index (χ4v) is 4.05. The van der Waals surface area contributed by atoms with Gasteiger partial charge in [-0.05, 0) is 30.3 Å². The molecule has 3 aromatic rings. The summed E-state index contributed by atoms with van der Waals surface area (Å²) in [7, 11) is 0. The van der Waals surface area contributed by atoms with Crippen molar-refractivity contribution in [2.24, 2.45) is 0 Å². The smallest absolute Gasteiger partial charge is 0.378 e. The average molecular weight is 472 g/mol. The quantitative estimate of drug-likeness (QED) is 0.568. The molecule has 0 radical (unpaired) electrons. The highest BCUT2D eigenvalue weighted by atomic mass is 35.5. The van der Waals surface area contributed by atoms with Gasteiger partial charge in [0.05, 0.1) is 29.6 Å². The lowest BCUT2D eigenvalue weighted by molar-refractivity contribution is -0.137. The zero-order valence-electron chi connectivity index (χ0n) is 16.0. The second-order valence-electron chi connectivity index (χ2n) is 6.73. The molecular formula is C19H17ClF3N5O2S. The van der Waals surface area contributed by atoms with Crippen molar-refractivity contribution in [2.75, 3.05) is 42.3 Å². The van der Waals surface area contributed by atoms with Crippen molar-refractivity contribution >= 4 is 46.3 Å². The van der Waals surface area contributed by atoms with Gasteiger partial charge in [0.25, 0.3) is 0 Å². The van der Waals surface area contributed by atoms with Crippen LogP contribution in [-0.4, -0.2) is 52.6 Å². The van der Waals surface area contributed by atoms with Crippen LogP contribution in [0.15, 0.2) is 41.7 Å². The molecule has 1 aliphatic heterocycles. The highest BCUT2D eigenvalue weighted by Gasteiger charge is 2.32. The maximum absolute atomic E-state index is 13.0. The largest absolute Gasteiger partial charge is 0.417 e. The summed E-state index contributed by atoms with van der Waals surface area (Å²) in [5, 5.41) is 10.4. The van der Waals surface area contributed by atoms with E-state index in [1.54, 1.807) is 12.1 Å². The van der Waals surface area contributed by atoms with Crippen LogP contribution in [0.25, 0.3) is 5.65 Å². The number of fused-ring (bicyclic) bond motifs is 1. The lowest BCUT2D eigenvalue weighted by Crippen LogP contribution is -2.36. The van der Waals surface area contributed by atoms with E-state index in [0.717, 1.165) is 47.2 Å². The monoisotopic (exact) mass is 471 g/mol. The molecule has 1 aromatic carbocycles. The summed E-state index contributed by atoms with van der Waals surface area (Å²) >= 11 is 6.87. The van der Waals surface area contributed by atoms with E-state index in [2.05, 4.69) is 20.4 Å². The Morgan fingerprint density at radius 1 is 1.19 bits per heavy atom. The standard InChI is InChI=1S/C19H17ClF3N5O2S/c20-15-9-12(19(21,22)23)10-28-17(15)25-26-18(28)31-11-16(29)24-13-1-3-14(4-2-13)27-5-7-30-8-6-27/h1-4,9-10H,5-8,11H2,(H,24,29). The Morgan fingerprint density at radius 3 is 2.58 bits per heavy atom. The number of benzene rings is 1. The summed E-state index contributed by atoms with van der Waals surface area (Å²) in [6.07, 6.45) is -3.69. The predicted molar refractivity (Wildman–Crippen MR) is 112 cm³/mol. The lowest BCUT2D eigenvalue weighted by Gasteiger charge is -2.28. The molecule has 1 N–H and O–H groups in total. The normalized spacial score (nSPS) is 14.8. The molecule has 0 spiro atoms. The molecular weight excluding hydrogens is 455 g/mol. The number of aromatic nitrogens is 3. The molecule has 0 atom stereocenters. The molecule has 3 heterocycles. The van der Waals surface area contributed by atoms with Crippen LogP contribution >= 0.6 is 23.4 Å². The third-order valence-electron chi connectivity index (χ3n) is 4.62. The number of rotatable bonds is 5. The number of alkyl halides is 3. The number of hydrogen-bond acceptors (Lipinski definition) is 6. The number of carbonyl (C=O) groups excluding carboxylic acids is 1. The molecule has 164 valence electrons. The van der Waals surface area contributed by atoms with Gasteiger partial charge >= 0.3 is 6.18 Å². The van der Waals surface area contributed by atoms with Crippen LogP contribution in [0.1, 0.15) is 5.56 Å². The zero-order valence-corrected chi connectivity index (χ0v) is 17.6. The van der Waals surface area contributed by atoms with E-state index < -0.39 is 11.7 Å². The SMILES string of the molecule is O=C(CSc1nnc2c(Cl)cc(C(F)(F)F)cn12)Nc1ccc(N2CCOCC2)cc1. The van der Waals surface area contributed by atoms with Crippen LogP contribution in [0.4, 0.5) is 24.5 Å². The molecule has 1 amide bonds. The predicted octanol–water partition coefficient (Wildman–Crippen LogP) is 3.97. The van der Waals surface area contributed by atoms with Crippen LogP contribution in [0.5, 0.6) is 0 Å². The number of ether oxygens (including phenoxy) is 1. The van der Waals surface area contributed by atoms with Crippen molar-refractivity contribution < 1.29 is 22.7 Å². The first-order valence-corrected chi connectivity index (χ1v) is 10.6. The average Bonchev–Trinajstić information content (AvgIpc) is 3.16. The van der Waals surface area contributed by atoms with Gasteiger partial charge < -0.3 is 15.0 Å². The Kier molecular flexibility index (Phi) is 6.26. The fraction of sp³-hybridized carbons (Fsp3) is 0.316. The summed E-state index contributed by atoms with van der Waals surface area (Å²) in [5.74, 6) is -0.376. The number of nitrogens with one attached hydrogen (secondary N) is 1. The first-order valence-electron chi connectivity index (χ1n) is 9.28. The first-order chi connectivity index (χ1) is 14.8. The maximum atomic E-state index is 13.0. The molecule has 0 aliphatic carbocycles. The van der Waals surface area contributed by atoms with Crippen molar-refractivity contribution in [1.29, 1.82) is 0 Å². The van der Waals surface area contributed by atoms with Gasteiger partial charge in [0.15, 0.2) is 10.8 Å². The summed E-state index contributed by atoms with van der Waals surface area (Å²) < 4.78 is 45.6. The van der Waals surface area contributed by atoms with Crippen LogP contribution in [0, 0.1) is 0 Å². The van der Waals surface area contributed by atoms with Gasteiger partial charge in [-0.3, -0.25) is 9.20 Å². The number of pyridine rings is 1. The maximum Gasteiger partial charge on any atom is 0.417 e. The Bertz CT molecular complexity index is 1080. The number of carbonyl (C=O) groups is 1. The lowest BCUT2D eigenvalue weighted by atomic mass is 10.2. The molecule has 0 saturated carbocycles. The minimum absolute atomic E-state index is 0.0557. The number of halogens is 4. The Hall–Kier alpha value is -2.50. The Labute approximate surface area is 184 Å². The molecule has 7 nitrogen and oxygen atoms in total. The second-order valence-corrected chi connectivity index (χ2v) is 8.08. The van der Waals surface area contributed by atoms with Crippen molar-refractivity contribution in [3.8, 4) is 0 Å². The minimum Gasteiger partial charge on any atom is -0.378 e. The second kappa shape index (κ2) is 8.93. The van der Waals surface area contributed by atoms with Gasteiger partial charge in [-0.25, -0.2) is 0 Å². The number of morpholine rings is 1. The summed E-state index contributed by atoms with van der Waals surface area (Å²) in [4.78, 5) is 14.5. The zero-order chi connectivity index (χ0) is 22.0. The molecule has 4 rings (SSSR count). The van der Waals surface area contributed by atoms with E-state index in [4.69, 9.17) is 16.3 Å². The van der Waals surface area contributed by atoms with Gasteiger partial charge in [-0.1, -0.05) is 23.4 Å². The van der Waals surface area contributed by atoms with Crippen LogP contribution < -0.4 is 10.2 Å². The van der Waals surface area contributed by atoms with E-state index in [0.29, 0.717) is 18.9 Å². The number of anilines is 2. The Balaban J connectivity index is 1.39. The van der Waals surface area contributed by atoms with E-state index in [9.17, 15) is 18.0 Å². The van der Waals surface area contributed by atoms with E-state index in [1.807, 2.05) is 12.1 Å². The molecule has 1 saturated heterocycles. The van der Waals surface area contributed by atoms with Crippen LogP contribution in [0.2, 0.25) is 5.02 Å². The highest BCUT2D eigenvalue weighted by molar-refractivity contribution is 7.99. The number of hydrogen-bond donors (Lipinski definition) is 1. The Morgan fingerprint density at radius 2 is 1.90 bits per heavy atom. The van der Waals surface area contributed by atoms with E-state index in [1.165, 1.54) is 0 Å². The van der Waals surface area contributed by atoms with Crippen molar-refractivity contribution in [3.63, 3.8) is 0 Å². The topological polar surface area (TPSA) is 71.8 Å². The third kappa shape index (κ3) is 5.05. The van der Waals surface area contributed by atoms with Gasteiger partial charge in [-0.2, -0.15) is 13.2 Å². The molecule has 1 fully saturated rings. The van der Waals surface area contributed by atoms with Crippen molar-refractivity contribution in [2.45, 2.75) is 11.3 Å². The molecule has 0 bridgehead atoms. The minimum atomic E-state index is -4.56. The van der Waals surface area contributed by atoms with Crippen LogP contribution in [-0.2, 0) is 15.7 Å². The molecule has 0 unspecified atom stereocenters. The van der Waals surface area contributed by atoms with Crippen LogP contribution in [0.3, 0.4) is 0 Å². The van der Waals surface area contributed by atoms with Crippen molar-refractivity contribution in [3.05, 3.63) is 47.1 Å². The summed E-state index contributed by atoms with van der Waals surface area (Å²) in [5.41, 5.74) is 0.840. The van der Waals surface area contributed by atoms with Gasteiger partial charge in [-0.15, -0.1) is 10.2 Å². The molecule has 12 heteroatoms. The van der Waals surface area contributed by atoms with Gasteiger partial charge in [0.2, 0.25) is 5.91 Å². The van der Waals surface area contributed by atoms with Crippen molar-refractivity contribution in [1.82, 2.24) is 14.6 Å². The molecule has 31 heavy (non-hydrogen) atoms. The first kappa shape index (κ1) is 21.7. The molecule has 1 aliphatic rings. The fourth-order valence-electron chi connectivity index (χ4n) is 3.09. The number of nitrogens with zero attached hydrogens (tertiary/aromatic N) is 4. The highest BCUT2D eigenvalue weighted by Crippen LogP contribution is 2.33. The van der Waals surface area contributed by atoms with Gasteiger partial charge in [0.1, 0.15) is 0 Å². The summed E-state index contributed by atoms with van der Waals surface area (Å²) in [6, 6.07) is 8.24. The van der Waals surface area contributed by atoms with Gasteiger partial charge in [0, 0.05) is 30.7 Å².